The van der Waals surface area contributed by atoms with E-state index in [0.717, 1.165) is 44.0 Å². The van der Waals surface area contributed by atoms with Crippen molar-refractivity contribution in [2.75, 3.05) is 70.8 Å². The van der Waals surface area contributed by atoms with E-state index in [-0.39, 0.29) is 18.3 Å². The summed E-state index contributed by atoms with van der Waals surface area (Å²) in [7, 11) is 5.24. The molecular weight excluding hydrogens is 571 g/mol. The third-order valence-electron chi connectivity index (χ3n) is 6.58. The number of likely N-dealkylation sites (N-methyl/N-ethyl adjacent to an activating group) is 1. The fraction of sp³-hybridized carbons (Fsp3) is 0.393. The van der Waals surface area contributed by atoms with Crippen molar-refractivity contribution in [1.82, 2.24) is 19.8 Å². The number of hydrogen-bond acceptors (Lipinski definition) is 9. The molecule has 1 aliphatic heterocycles. The number of aromatic nitrogens is 2. The Bertz CT molecular complexity index is 1320. The molecule has 2 heterocycles. The first kappa shape index (κ1) is 30.4. The molecule has 11 nitrogen and oxygen atoms in total. The summed E-state index contributed by atoms with van der Waals surface area (Å²) in [6.07, 6.45) is 1.15. The molecule has 0 saturated carbocycles. The van der Waals surface area contributed by atoms with Gasteiger partial charge < -0.3 is 34.4 Å². The van der Waals surface area contributed by atoms with Crippen LogP contribution in [0.3, 0.4) is 0 Å². The number of amides is 1. The van der Waals surface area contributed by atoms with Gasteiger partial charge in [0, 0.05) is 66.8 Å². The number of benzene rings is 2. The van der Waals surface area contributed by atoms with Crippen LogP contribution in [0.15, 0.2) is 42.6 Å². The van der Waals surface area contributed by atoms with Gasteiger partial charge in [-0.3, -0.25) is 4.90 Å². The Morgan fingerprint density at radius 1 is 1.05 bits per heavy atom. The third-order valence-corrected chi connectivity index (χ3v) is 7.02. The number of halogens is 2. The number of nitrogens with one attached hydrogen (secondary N) is 1. The molecule has 0 atom stereocenters. The molecule has 1 aliphatic rings. The van der Waals surface area contributed by atoms with Crippen molar-refractivity contribution >= 4 is 46.7 Å². The molecule has 1 amide bonds. The Labute approximate surface area is 249 Å². The smallest absolute Gasteiger partial charge is 0.413 e. The van der Waals surface area contributed by atoms with Crippen LogP contribution in [0, 0.1) is 0 Å². The minimum absolute atomic E-state index is 0.00541. The molecule has 0 unspecified atom stereocenters. The van der Waals surface area contributed by atoms with E-state index in [4.69, 9.17) is 37.4 Å². The maximum absolute atomic E-state index is 12.1. The van der Waals surface area contributed by atoms with Crippen LogP contribution in [-0.2, 0) is 6.54 Å². The summed E-state index contributed by atoms with van der Waals surface area (Å²) in [6, 6.07) is 9.90. The molecule has 1 fully saturated rings. The largest absolute Gasteiger partial charge is 0.493 e. The van der Waals surface area contributed by atoms with Gasteiger partial charge in [-0.25, -0.2) is 9.78 Å². The summed E-state index contributed by atoms with van der Waals surface area (Å²) in [6.45, 7) is 5.70. The summed E-state index contributed by atoms with van der Waals surface area (Å²) in [5.74, 6) is 1.81. The summed E-state index contributed by atoms with van der Waals surface area (Å²) in [5.41, 5.74) is 1.20. The fourth-order valence-electron chi connectivity index (χ4n) is 4.47. The lowest BCUT2D eigenvalue weighted by Gasteiger charge is -2.32. The average molecular weight is 606 g/mol. The van der Waals surface area contributed by atoms with Crippen LogP contribution in [0.1, 0.15) is 12.0 Å². The second kappa shape index (κ2) is 14.4. The van der Waals surface area contributed by atoms with Crippen LogP contribution in [0.2, 0.25) is 10.0 Å². The molecule has 0 bridgehead atoms. The van der Waals surface area contributed by atoms with Crippen molar-refractivity contribution in [2.24, 2.45) is 0 Å². The summed E-state index contributed by atoms with van der Waals surface area (Å²) in [5, 5.41) is 13.8. The van der Waals surface area contributed by atoms with Gasteiger partial charge in [0.25, 0.3) is 0 Å². The maximum Gasteiger partial charge on any atom is 0.413 e. The molecule has 0 aliphatic carbocycles. The number of carbonyl (C=O) groups is 1. The van der Waals surface area contributed by atoms with Crippen molar-refractivity contribution in [3.8, 4) is 17.2 Å². The quantitative estimate of drug-likeness (QED) is 0.266. The molecule has 41 heavy (non-hydrogen) atoms. The lowest BCUT2D eigenvalue weighted by Crippen LogP contribution is -2.44. The van der Waals surface area contributed by atoms with Crippen LogP contribution in [0.5, 0.6) is 17.2 Å². The van der Waals surface area contributed by atoms with Gasteiger partial charge >= 0.3 is 6.09 Å². The van der Waals surface area contributed by atoms with Gasteiger partial charge in [0.1, 0.15) is 5.82 Å². The predicted molar refractivity (Wildman–Crippen MR) is 160 cm³/mol. The Morgan fingerprint density at radius 3 is 2.41 bits per heavy atom. The van der Waals surface area contributed by atoms with Crippen molar-refractivity contribution < 1.29 is 24.1 Å². The van der Waals surface area contributed by atoms with Gasteiger partial charge in [-0.15, -0.1) is 0 Å². The first-order valence-corrected chi connectivity index (χ1v) is 13.9. The molecule has 2 N–H and O–H groups in total. The Kier molecular flexibility index (Phi) is 10.7. The van der Waals surface area contributed by atoms with Crippen molar-refractivity contribution in [1.29, 1.82) is 0 Å². The Hall–Kier alpha value is -3.51. The van der Waals surface area contributed by atoms with Crippen LogP contribution < -0.4 is 24.4 Å². The molecule has 0 radical (unpaired) electrons. The normalized spacial score (nSPS) is 14.0. The highest BCUT2D eigenvalue weighted by Crippen LogP contribution is 2.41. The van der Waals surface area contributed by atoms with E-state index in [9.17, 15) is 9.90 Å². The predicted octanol–water partition coefficient (Wildman–Crippen LogP) is 5.25. The molecule has 1 saturated heterocycles. The van der Waals surface area contributed by atoms with E-state index in [1.54, 1.807) is 44.6 Å². The van der Waals surface area contributed by atoms with E-state index >= 15 is 0 Å². The zero-order valence-corrected chi connectivity index (χ0v) is 24.8. The van der Waals surface area contributed by atoms with E-state index < -0.39 is 6.09 Å². The topological polar surface area (TPSA) is 113 Å². The minimum Gasteiger partial charge on any atom is -0.493 e. The van der Waals surface area contributed by atoms with E-state index in [1.165, 1.54) is 12.3 Å². The van der Waals surface area contributed by atoms with Crippen molar-refractivity contribution in [3.63, 3.8) is 0 Å². The van der Waals surface area contributed by atoms with Gasteiger partial charge in [-0.2, -0.15) is 4.98 Å². The number of hydrogen-bond donors (Lipinski definition) is 2. The second-order valence-electron chi connectivity index (χ2n) is 9.57. The van der Waals surface area contributed by atoms with Gasteiger partial charge in [0.2, 0.25) is 11.7 Å². The SMILES string of the molecule is COc1cc(Nc2nccc(N(Cc3cc(Cl)cc(Cl)c3)C(=O)O)n2)cc(OCCCN2CCN(C)CC2)c1OC. The monoisotopic (exact) mass is 604 g/mol. The lowest BCUT2D eigenvalue weighted by molar-refractivity contribution is 0.145. The molecule has 2 aromatic carbocycles. The first-order valence-electron chi connectivity index (χ1n) is 13.1. The Balaban J connectivity index is 1.48. The summed E-state index contributed by atoms with van der Waals surface area (Å²) >= 11 is 12.2. The molecule has 220 valence electrons. The van der Waals surface area contributed by atoms with Crippen LogP contribution in [-0.4, -0.2) is 91.6 Å². The highest BCUT2D eigenvalue weighted by molar-refractivity contribution is 6.34. The lowest BCUT2D eigenvalue weighted by atomic mass is 10.2. The average Bonchev–Trinajstić information content (AvgIpc) is 2.94. The molecule has 4 rings (SSSR count). The number of ether oxygens (including phenoxy) is 3. The second-order valence-corrected chi connectivity index (χ2v) is 10.4. The van der Waals surface area contributed by atoms with E-state index in [1.807, 2.05) is 0 Å². The fourth-order valence-corrected chi connectivity index (χ4v) is 5.04. The van der Waals surface area contributed by atoms with Crippen LogP contribution in [0.4, 0.5) is 22.2 Å². The van der Waals surface area contributed by atoms with Gasteiger partial charge in [0.05, 0.1) is 27.4 Å². The standard InChI is InChI=1S/C28H34Cl2N6O5/c1-34-8-10-35(11-9-34)7-4-12-41-24-17-22(16-23(39-2)26(24)40-3)32-27-31-6-5-25(33-27)36(28(37)38)18-19-13-20(29)15-21(30)14-19/h5-6,13-17H,4,7-12,18H2,1-3H3,(H,37,38)(H,31,32,33). The number of carboxylic acid groups (broad SMARTS) is 1. The molecular formula is C28H34Cl2N6O5. The summed E-state index contributed by atoms with van der Waals surface area (Å²) in [4.78, 5) is 26.6. The van der Waals surface area contributed by atoms with Gasteiger partial charge in [-0.1, -0.05) is 23.2 Å². The highest BCUT2D eigenvalue weighted by Gasteiger charge is 2.19. The number of nitrogens with zero attached hydrogens (tertiary/aromatic N) is 5. The zero-order valence-electron chi connectivity index (χ0n) is 23.3. The Morgan fingerprint density at radius 2 is 1.76 bits per heavy atom. The molecule has 1 aromatic heterocycles. The van der Waals surface area contributed by atoms with Crippen molar-refractivity contribution in [3.05, 3.63) is 58.2 Å². The van der Waals surface area contributed by atoms with E-state index in [0.29, 0.717) is 45.2 Å². The zero-order chi connectivity index (χ0) is 29.4. The number of methoxy groups -OCH3 is 2. The minimum atomic E-state index is -1.19. The number of rotatable bonds is 12. The third kappa shape index (κ3) is 8.49. The number of anilines is 3. The number of piperazine rings is 1. The van der Waals surface area contributed by atoms with Gasteiger partial charge in [-0.05, 0) is 43.3 Å². The van der Waals surface area contributed by atoms with Crippen LogP contribution in [0.25, 0.3) is 0 Å². The van der Waals surface area contributed by atoms with E-state index in [2.05, 4.69) is 32.1 Å². The highest BCUT2D eigenvalue weighted by atomic mass is 35.5. The summed E-state index contributed by atoms with van der Waals surface area (Å²) < 4.78 is 17.2. The first-order chi connectivity index (χ1) is 19.7. The molecule has 3 aromatic rings. The van der Waals surface area contributed by atoms with Crippen molar-refractivity contribution in [2.45, 2.75) is 13.0 Å². The molecule has 13 heteroatoms. The van der Waals surface area contributed by atoms with Gasteiger partial charge in [0.15, 0.2) is 11.5 Å². The maximum atomic E-state index is 12.1. The molecule has 0 spiro atoms. The van der Waals surface area contributed by atoms with Crippen LogP contribution >= 0.6 is 23.2 Å².